The SMILES string of the molecule is COC(C(=O)O)C1(c2cc(C#N)cs2)CC1. The number of aliphatic carboxylic acids is 1. The van der Waals surface area contributed by atoms with Crippen molar-refractivity contribution < 1.29 is 14.6 Å². The van der Waals surface area contributed by atoms with Gasteiger partial charge in [0, 0.05) is 22.8 Å². The molecule has 1 aromatic rings. The minimum atomic E-state index is -0.938. The molecule has 1 N–H and O–H groups in total. The fourth-order valence-electron chi connectivity index (χ4n) is 1.99. The number of nitriles is 1. The first-order valence-corrected chi connectivity index (χ1v) is 5.77. The number of carbonyl (C=O) groups is 1. The van der Waals surface area contributed by atoms with Crippen molar-refractivity contribution >= 4 is 17.3 Å². The maximum atomic E-state index is 11.1. The molecule has 0 bridgehead atoms. The highest BCUT2D eigenvalue weighted by Gasteiger charge is 2.55. The number of hydrogen-bond donors (Lipinski definition) is 1. The predicted molar refractivity (Wildman–Crippen MR) is 58.4 cm³/mol. The van der Waals surface area contributed by atoms with E-state index >= 15 is 0 Å². The zero-order valence-electron chi connectivity index (χ0n) is 8.77. The van der Waals surface area contributed by atoms with Gasteiger partial charge in [0.25, 0.3) is 0 Å². The molecule has 1 aliphatic rings. The Hall–Kier alpha value is -1.38. The third-order valence-electron chi connectivity index (χ3n) is 2.97. The number of rotatable bonds is 4. The van der Waals surface area contributed by atoms with E-state index in [2.05, 4.69) is 6.07 Å². The van der Waals surface area contributed by atoms with E-state index in [1.54, 1.807) is 11.4 Å². The number of carboxylic acid groups (broad SMARTS) is 1. The Kier molecular flexibility index (Phi) is 2.70. The van der Waals surface area contributed by atoms with Crippen molar-refractivity contribution in [3.05, 3.63) is 21.9 Å². The fraction of sp³-hybridized carbons (Fsp3) is 0.455. The highest BCUT2D eigenvalue weighted by Crippen LogP contribution is 2.53. The lowest BCUT2D eigenvalue weighted by atomic mass is 9.96. The second-order valence-electron chi connectivity index (χ2n) is 3.92. The van der Waals surface area contributed by atoms with Crippen molar-refractivity contribution in [2.45, 2.75) is 24.4 Å². The molecular formula is C11H11NO3S. The van der Waals surface area contributed by atoms with E-state index in [0.29, 0.717) is 5.56 Å². The van der Waals surface area contributed by atoms with Crippen LogP contribution in [0.25, 0.3) is 0 Å². The molecule has 1 atom stereocenters. The van der Waals surface area contributed by atoms with Gasteiger partial charge in [-0.3, -0.25) is 0 Å². The molecule has 16 heavy (non-hydrogen) atoms. The van der Waals surface area contributed by atoms with Crippen LogP contribution in [0.15, 0.2) is 11.4 Å². The Bertz CT molecular complexity index is 456. The average molecular weight is 237 g/mol. The largest absolute Gasteiger partial charge is 0.479 e. The third kappa shape index (κ3) is 1.60. The van der Waals surface area contributed by atoms with Crippen LogP contribution in [0.5, 0.6) is 0 Å². The van der Waals surface area contributed by atoms with E-state index < -0.39 is 17.5 Å². The standard InChI is InChI=1S/C11H11NO3S/c1-15-9(10(13)14)11(2-3-11)8-4-7(5-12)6-16-8/h4,6,9H,2-3H2,1H3,(H,13,14). The van der Waals surface area contributed by atoms with Crippen molar-refractivity contribution in [3.8, 4) is 6.07 Å². The first-order valence-electron chi connectivity index (χ1n) is 4.89. The Morgan fingerprint density at radius 1 is 1.75 bits per heavy atom. The summed E-state index contributed by atoms with van der Waals surface area (Å²) in [6.45, 7) is 0. The smallest absolute Gasteiger partial charge is 0.333 e. The summed E-state index contributed by atoms with van der Waals surface area (Å²) in [5.74, 6) is -0.938. The first kappa shape index (κ1) is 11.1. The Morgan fingerprint density at radius 2 is 2.44 bits per heavy atom. The van der Waals surface area contributed by atoms with Crippen LogP contribution >= 0.6 is 11.3 Å². The van der Waals surface area contributed by atoms with E-state index in [1.807, 2.05) is 0 Å². The highest BCUT2D eigenvalue weighted by atomic mass is 32.1. The molecule has 0 saturated heterocycles. The monoisotopic (exact) mass is 237 g/mol. The summed E-state index contributed by atoms with van der Waals surface area (Å²) in [4.78, 5) is 12.0. The molecule has 4 nitrogen and oxygen atoms in total. The number of carboxylic acids is 1. The molecule has 1 fully saturated rings. The van der Waals surface area contributed by atoms with Crippen LogP contribution in [0.4, 0.5) is 0 Å². The second-order valence-corrected chi connectivity index (χ2v) is 4.83. The molecular weight excluding hydrogens is 226 g/mol. The minimum absolute atomic E-state index is 0.402. The van der Waals surface area contributed by atoms with E-state index in [4.69, 9.17) is 15.1 Å². The average Bonchev–Trinajstić information content (AvgIpc) is 2.90. The van der Waals surface area contributed by atoms with Gasteiger partial charge >= 0.3 is 5.97 Å². The van der Waals surface area contributed by atoms with Crippen LogP contribution in [-0.2, 0) is 14.9 Å². The summed E-state index contributed by atoms with van der Waals surface area (Å²) in [7, 11) is 1.41. The van der Waals surface area contributed by atoms with Gasteiger partial charge in [-0.25, -0.2) is 4.79 Å². The van der Waals surface area contributed by atoms with Crippen molar-refractivity contribution in [2.75, 3.05) is 7.11 Å². The Morgan fingerprint density at radius 3 is 2.81 bits per heavy atom. The summed E-state index contributed by atoms with van der Waals surface area (Å²) >= 11 is 1.44. The van der Waals surface area contributed by atoms with Crippen LogP contribution in [0.1, 0.15) is 23.3 Å². The zero-order valence-corrected chi connectivity index (χ0v) is 9.58. The van der Waals surface area contributed by atoms with Gasteiger partial charge in [-0.15, -0.1) is 11.3 Å². The molecule has 0 aliphatic heterocycles. The van der Waals surface area contributed by atoms with Crippen molar-refractivity contribution in [3.63, 3.8) is 0 Å². The molecule has 84 valence electrons. The molecule has 0 amide bonds. The lowest BCUT2D eigenvalue weighted by Crippen LogP contribution is -2.35. The molecule has 1 heterocycles. The zero-order chi connectivity index (χ0) is 11.8. The van der Waals surface area contributed by atoms with Crippen molar-refractivity contribution in [2.24, 2.45) is 0 Å². The molecule has 1 aliphatic carbocycles. The van der Waals surface area contributed by atoms with Crippen LogP contribution in [-0.4, -0.2) is 24.3 Å². The van der Waals surface area contributed by atoms with E-state index in [1.165, 1.54) is 18.4 Å². The first-order chi connectivity index (χ1) is 7.64. The normalized spacial score (nSPS) is 18.8. The molecule has 5 heteroatoms. The molecule has 1 aromatic heterocycles. The van der Waals surface area contributed by atoms with E-state index in [0.717, 1.165) is 17.7 Å². The number of methoxy groups -OCH3 is 1. The lowest BCUT2D eigenvalue weighted by molar-refractivity contribution is -0.150. The summed E-state index contributed by atoms with van der Waals surface area (Å²) in [6.07, 6.45) is 0.810. The van der Waals surface area contributed by atoms with Crippen molar-refractivity contribution in [1.82, 2.24) is 0 Å². The van der Waals surface area contributed by atoms with Crippen LogP contribution < -0.4 is 0 Å². The second kappa shape index (κ2) is 3.89. The van der Waals surface area contributed by atoms with Crippen molar-refractivity contribution in [1.29, 1.82) is 5.26 Å². The summed E-state index contributed by atoms with van der Waals surface area (Å²) in [5, 5.41) is 19.6. The Labute approximate surface area is 97.1 Å². The quantitative estimate of drug-likeness (QED) is 0.866. The molecule has 1 unspecified atom stereocenters. The number of hydrogen-bond acceptors (Lipinski definition) is 4. The third-order valence-corrected chi connectivity index (χ3v) is 4.12. The summed E-state index contributed by atoms with van der Waals surface area (Å²) in [5.41, 5.74) is 0.187. The fourth-order valence-corrected chi connectivity index (χ4v) is 3.11. The van der Waals surface area contributed by atoms with E-state index in [-0.39, 0.29) is 0 Å². The molecule has 0 aromatic carbocycles. The molecule has 1 saturated carbocycles. The summed E-state index contributed by atoms with van der Waals surface area (Å²) in [6, 6.07) is 3.83. The minimum Gasteiger partial charge on any atom is -0.479 e. The van der Waals surface area contributed by atoms with Gasteiger partial charge in [0.2, 0.25) is 0 Å². The van der Waals surface area contributed by atoms with Gasteiger partial charge < -0.3 is 9.84 Å². The molecule has 0 spiro atoms. The molecule has 2 rings (SSSR count). The van der Waals surface area contributed by atoms with Gasteiger partial charge in [0.05, 0.1) is 5.56 Å². The highest BCUT2D eigenvalue weighted by molar-refractivity contribution is 7.10. The van der Waals surface area contributed by atoms with Gasteiger partial charge in [-0.05, 0) is 18.9 Å². The summed E-state index contributed by atoms with van der Waals surface area (Å²) < 4.78 is 5.06. The topological polar surface area (TPSA) is 70.3 Å². The van der Waals surface area contributed by atoms with Crippen LogP contribution in [0, 0.1) is 11.3 Å². The van der Waals surface area contributed by atoms with Gasteiger partial charge in [-0.2, -0.15) is 5.26 Å². The van der Waals surface area contributed by atoms with Crippen LogP contribution in [0.3, 0.4) is 0 Å². The lowest BCUT2D eigenvalue weighted by Gasteiger charge is -2.20. The van der Waals surface area contributed by atoms with E-state index in [9.17, 15) is 4.79 Å². The Balaban J connectivity index is 2.32. The number of ether oxygens (including phenoxy) is 1. The van der Waals surface area contributed by atoms with Crippen LogP contribution in [0.2, 0.25) is 0 Å². The number of nitrogens with zero attached hydrogens (tertiary/aromatic N) is 1. The van der Waals surface area contributed by atoms with Gasteiger partial charge in [0.15, 0.2) is 6.10 Å². The number of thiophene rings is 1. The predicted octanol–water partition coefficient (Wildman–Crippen LogP) is 1.75. The van der Waals surface area contributed by atoms with Gasteiger partial charge in [-0.1, -0.05) is 0 Å². The molecule has 0 radical (unpaired) electrons. The maximum Gasteiger partial charge on any atom is 0.333 e. The van der Waals surface area contributed by atoms with Gasteiger partial charge in [0.1, 0.15) is 6.07 Å². The maximum absolute atomic E-state index is 11.1.